The van der Waals surface area contributed by atoms with Crippen LogP contribution in [0.5, 0.6) is 0 Å². The van der Waals surface area contributed by atoms with Gasteiger partial charge < -0.3 is 0 Å². The summed E-state index contributed by atoms with van der Waals surface area (Å²) >= 11 is 8.19. The fourth-order valence-corrected chi connectivity index (χ4v) is 2.47. The van der Waals surface area contributed by atoms with Gasteiger partial charge in [0.2, 0.25) is 0 Å². The molecule has 94 valence electrons. The molecular formula is C10H7BrClF3OS. The van der Waals surface area contributed by atoms with Crippen molar-refractivity contribution in [3.05, 3.63) is 28.2 Å². The number of benzene rings is 1. The quantitative estimate of drug-likeness (QED) is 0.593. The highest BCUT2D eigenvalue weighted by atomic mass is 79.9. The van der Waals surface area contributed by atoms with Gasteiger partial charge in [-0.15, -0.1) is 11.6 Å². The first kappa shape index (κ1) is 14.9. The Balaban J connectivity index is 2.99. The minimum atomic E-state index is -4.38. The average molecular weight is 348 g/mol. The molecule has 0 bridgehead atoms. The van der Waals surface area contributed by atoms with Crippen molar-refractivity contribution >= 4 is 45.1 Å². The van der Waals surface area contributed by atoms with Crippen LogP contribution in [0.25, 0.3) is 0 Å². The maximum Gasteiger partial charge on any atom is 0.446 e. The van der Waals surface area contributed by atoms with Crippen molar-refractivity contribution in [2.75, 3.05) is 5.88 Å². The van der Waals surface area contributed by atoms with Gasteiger partial charge in [0, 0.05) is 15.8 Å². The number of Topliss-reactive ketones (excluding diaryl/α,β-unsaturated/α-hetero) is 1. The number of hydrogen-bond donors (Lipinski definition) is 0. The van der Waals surface area contributed by atoms with E-state index in [-0.39, 0.29) is 34.7 Å². The van der Waals surface area contributed by atoms with Crippen molar-refractivity contribution in [3.63, 3.8) is 0 Å². The SMILES string of the molecule is O=C(CCl)Cc1ccc(Br)cc1SC(F)(F)F. The molecule has 1 aromatic rings. The summed E-state index contributed by atoms with van der Waals surface area (Å²) in [6.07, 6.45) is -0.0881. The van der Waals surface area contributed by atoms with E-state index >= 15 is 0 Å². The summed E-state index contributed by atoms with van der Waals surface area (Å²) in [6, 6.07) is 4.43. The van der Waals surface area contributed by atoms with Crippen LogP contribution in [0.1, 0.15) is 5.56 Å². The highest BCUT2D eigenvalue weighted by Gasteiger charge is 2.30. The first-order valence-corrected chi connectivity index (χ1v) is 6.58. The van der Waals surface area contributed by atoms with Gasteiger partial charge in [-0.1, -0.05) is 22.0 Å². The molecule has 0 radical (unpaired) electrons. The molecule has 0 aliphatic carbocycles. The zero-order chi connectivity index (χ0) is 13.1. The maximum absolute atomic E-state index is 12.3. The van der Waals surface area contributed by atoms with Crippen molar-refractivity contribution in [1.29, 1.82) is 0 Å². The van der Waals surface area contributed by atoms with E-state index in [4.69, 9.17) is 11.6 Å². The van der Waals surface area contributed by atoms with E-state index in [2.05, 4.69) is 15.9 Å². The van der Waals surface area contributed by atoms with E-state index in [0.717, 1.165) is 0 Å². The van der Waals surface area contributed by atoms with Crippen LogP contribution in [0.2, 0.25) is 0 Å². The van der Waals surface area contributed by atoms with E-state index in [9.17, 15) is 18.0 Å². The number of thioether (sulfide) groups is 1. The zero-order valence-electron chi connectivity index (χ0n) is 8.35. The summed E-state index contributed by atoms with van der Waals surface area (Å²) in [5.41, 5.74) is -4.04. The summed E-state index contributed by atoms with van der Waals surface area (Å²) in [5.74, 6) is -0.510. The van der Waals surface area contributed by atoms with Crippen LogP contribution in [-0.2, 0) is 11.2 Å². The number of carbonyl (C=O) groups is 1. The standard InChI is InChI=1S/C10H7BrClF3OS/c11-7-2-1-6(3-8(16)5-12)9(4-7)17-10(13,14)15/h1-2,4H,3,5H2. The van der Waals surface area contributed by atoms with Crippen LogP contribution >= 0.6 is 39.3 Å². The average Bonchev–Trinajstić information content (AvgIpc) is 2.19. The molecule has 7 heteroatoms. The lowest BCUT2D eigenvalue weighted by molar-refractivity contribution is -0.116. The number of halogens is 5. The molecule has 0 fully saturated rings. The number of hydrogen-bond acceptors (Lipinski definition) is 2. The molecule has 1 nitrogen and oxygen atoms in total. The van der Waals surface area contributed by atoms with Gasteiger partial charge in [-0.2, -0.15) is 13.2 Å². The Kier molecular flexibility index (Phi) is 5.34. The van der Waals surface area contributed by atoms with Crippen molar-refractivity contribution in [3.8, 4) is 0 Å². The second-order valence-corrected chi connectivity index (χ2v) is 5.44. The minimum Gasteiger partial charge on any atom is -0.298 e. The third-order valence-electron chi connectivity index (χ3n) is 1.79. The fraction of sp³-hybridized carbons (Fsp3) is 0.300. The largest absolute Gasteiger partial charge is 0.446 e. The smallest absolute Gasteiger partial charge is 0.298 e. The fourth-order valence-electron chi connectivity index (χ4n) is 1.15. The predicted molar refractivity (Wildman–Crippen MR) is 65.5 cm³/mol. The molecule has 0 aromatic heterocycles. The Bertz CT molecular complexity index is 423. The number of ketones is 1. The number of carbonyl (C=O) groups excluding carboxylic acids is 1. The Morgan fingerprint density at radius 1 is 1.41 bits per heavy atom. The van der Waals surface area contributed by atoms with Crippen LogP contribution in [0.15, 0.2) is 27.6 Å². The first-order chi connectivity index (χ1) is 7.81. The van der Waals surface area contributed by atoms with Crippen LogP contribution < -0.4 is 0 Å². The Labute approximate surface area is 114 Å². The zero-order valence-corrected chi connectivity index (χ0v) is 11.5. The van der Waals surface area contributed by atoms with Crippen LogP contribution in [-0.4, -0.2) is 17.2 Å². The van der Waals surface area contributed by atoms with E-state index in [1.165, 1.54) is 12.1 Å². The minimum absolute atomic E-state index is 0.0188. The summed E-state index contributed by atoms with van der Waals surface area (Å²) in [4.78, 5) is 11.2. The Morgan fingerprint density at radius 2 is 2.06 bits per heavy atom. The molecule has 0 atom stereocenters. The summed E-state index contributed by atoms with van der Waals surface area (Å²) in [5, 5.41) is 0. The van der Waals surface area contributed by atoms with Gasteiger partial charge in [0.25, 0.3) is 0 Å². The molecular weight excluding hydrogens is 341 g/mol. The molecule has 0 aliphatic heterocycles. The van der Waals surface area contributed by atoms with Gasteiger partial charge >= 0.3 is 5.51 Å². The molecule has 0 saturated carbocycles. The lowest BCUT2D eigenvalue weighted by Crippen LogP contribution is -2.07. The van der Waals surface area contributed by atoms with Crippen molar-refractivity contribution in [2.24, 2.45) is 0 Å². The van der Waals surface area contributed by atoms with Crippen LogP contribution in [0.4, 0.5) is 13.2 Å². The highest BCUT2D eigenvalue weighted by molar-refractivity contribution is 9.10. The molecule has 1 aromatic carbocycles. The highest BCUT2D eigenvalue weighted by Crippen LogP contribution is 2.39. The summed E-state index contributed by atoms with van der Waals surface area (Å²) < 4.78 is 37.5. The lowest BCUT2D eigenvalue weighted by Gasteiger charge is -2.10. The van der Waals surface area contributed by atoms with Crippen LogP contribution in [0.3, 0.4) is 0 Å². The number of alkyl halides is 4. The van der Waals surface area contributed by atoms with E-state index in [1.807, 2.05) is 0 Å². The maximum atomic E-state index is 12.3. The van der Waals surface area contributed by atoms with Gasteiger partial charge in [0.05, 0.1) is 5.88 Å². The molecule has 0 spiro atoms. The normalized spacial score (nSPS) is 11.6. The molecule has 0 unspecified atom stereocenters. The second kappa shape index (κ2) is 6.11. The molecule has 1 rings (SSSR count). The first-order valence-electron chi connectivity index (χ1n) is 4.43. The third-order valence-corrected chi connectivity index (χ3v) is 3.41. The topological polar surface area (TPSA) is 17.1 Å². The molecule has 0 saturated heterocycles. The van der Waals surface area contributed by atoms with Gasteiger partial charge in [-0.3, -0.25) is 4.79 Å². The molecule has 0 amide bonds. The molecule has 17 heavy (non-hydrogen) atoms. The van der Waals surface area contributed by atoms with Gasteiger partial charge in [0.1, 0.15) is 0 Å². The van der Waals surface area contributed by atoms with Gasteiger partial charge in [-0.25, -0.2) is 0 Å². The van der Waals surface area contributed by atoms with Crippen molar-refractivity contribution in [1.82, 2.24) is 0 Å². The van der Waals surface area contributed by atoms with E-state index < -0.39 is 5.51 Å². The lowest BCUT2D eigenvalue weighted by atomic mass is 10.1. The summed E-state index contributed by atoms with van der Waals surface area (Å²) in [7, 11) is 0. The molecule has 0 heterocycles. The van der Waals surface area contributed by atoms with Crippen molar-refractivity contribution in [2.45, 2.75) is 16.8 Å². The third kappa shape index (κ3) is 5.31. The predicted octanol–water partition coefficient (Wildman–Crippen LogP) is 4.41. The van der Waals surface area contributed by atoms with Gasteiger partial charge in [0.15, 0.2) is 5.78 Å². The monoisotopic (exact) mass is 346 g/mol. The number of rotatable bonds is 4. The van der Waals surface area contributed by atoms with Crippen LogP contribution in [0, 0.1) is 0 Å². The molecule has 0 N–H and O–H groups in total. The van der Waals surface area contributed by atoms with E-state index in [1.54, 1.807) is 6.07 Å². The molecule has 0 aliphatic rings. The van der Waals surface area contributed by atoms with Crippen molar-refractivity contribution < 1.29 is 18.0 Å². The van der Waals surface area contributed by atoms with E-state index in [0.29, 0.717) is 10.0 Å². The Hall–Kier alpha value is -0.200. The second-order valence-electron chi connectivity index (χ2n) is 3.15. The summed E-state index contributed by atoms with van der Waals surface area (Å²) in [6.45, 7) is 0. The van der Waals surface area contributed by atoms with Gasteiger partial charge in [-0.05, 0) is 29.5 Å². The Morgan fingerprint density at radius 3 is 2.59 bits per heavy atom.